The molecule has 1 N–H and O–H groups in total. The van der Waals surface area contributed by atoms with Crippen LogP contribution >= 0.6 is 0 Å². The number of fused-ring (bicyclic) bond motifs is 1. The van der Waals surface area contributed by atoms with E-state index in [0.717, 1.165) is 37.4 Å². The maximum absolute atomic E-state index is 12.5. The van der Waals surface area contributed by atoms with Crippen LogP contribution in [-0.4, -0.2) is 24.0 Å². The quantitative estimate of drug-likeness (QED) is 0.631. The number of benzene rings is 3. The van der Waals surface area contributed by atoms with Crippen LogP contribution in [0.5, 0.6) is 5.75 Å². The van der Waals surface area contributed by atoms with Gasteiger partial charge < -0.3 is 10.1 Å². The van der Waals surface area contributed by atoms with Crippen molar-refractivity contribution >= 4 is 5.91 Å². The highest BCUT2D eigenvalue weighted by atomic mass is 16.5. The maximum atomic E-state index is 12.5. The zero-order valence-electron chi connectivity index (χ0n) is 17.4. The molecule has 0 saturated heterocycles. The first-order valence-corrected chi connectivity index (χ1v) is 10.6. The van der Waals surface area contributed by atoms with E-state index in [2.05, 4.69) is 46.6 Å². The lowest BCUT2D eigenvalue weighted by Crippen LogP contribution is -2.30. The molecule has 0 atom stereocenters. The van der Waals surface area contributed by atoms with Gasteiger partial charge in [0.1, 0.15) is 5.75 Å². The average Bonchev–Trinajstić information content (AvgIpc) is 2.78. The van der Waals surface area contributed by atoms with E-state index in [-0.39, 0.29) is 5.91 Å². The van der Waals surface area contributed by atoms with Gasteiger partial charge in [0.05, 0.1) is 6.61 Å². The van der Waals surface area contributed by atoms with Crippen LogP contribution in [0, 0.1) is 0 Å². The summed E-state index contributed by atoms with van der Waals surface area (Å²) in [6.07, 6.45) is 1.10. The first-order valence-electron chi connectivity index (χ1n) is 10.6. The molecule has 0 bridgehead atoms. The lowest BCUT2D eigenvalue weighted by Gasteiger charge is -2.28. The summed E-state index contributed by atoms with van der Waals surface area (Å²) in [5, 5.41) is 2.99. The minimum absolute atomic E-state index is 0.0599. The molecule has 0 saturated carbocycles. The summed E-state index contributed by atoms with van der Waals surface area (Å²) >= 11 is 0. The van der Waals surface area contributed by atoms with Gasteiger partial charge in [0.25, 0.3) is 5.91 Å². The van der Waals surface area contributed by atoms with Crippen molar-refractivity contribution < 1.29 is 9.53 Å². The van der Waals surface area contributed by atoms with Gasteiger partial charge in [-0.3, -0.25) is 9.69 Å². The van der Waals surface area contributed by atoms with Gasteiger partial charge >= 0.3 is 0 Å². The van der Waals surface area contributed by atoms with Crippen molar-refractivity contribution in [3.05, 3.63) is 101 Å². The van der Waals surface area contributed by atoms with Crippen LogP contribution in [-0.2, 0) is 26.1 Å². The van der Waals surface area contributed by atoms with Crippen molar-refractivity contribution in [3.63, 3.8) is 0 Å². The number of nitrogens with zero attached hydrogens (tertiary/aromatic N) is 1. The van der Waals surface area contributed by atoms with Crippen molar-refractivity contribution in [2.24, 2.45) is 0 Å². The number of amides is 1. The molecule has 0 unspecified atom stereocenters. The van der Waals surface area contributed by atoms with Gasteiger partial charge in [-0.15, -0.1) is 0 Å². The van der Waals surface area contributed by atoms with E-state index in [1.807, 2.05) is 43.3 Å². The minimum Gasteiger partial charge on any atom is -0.494 e. The molecule has 30 heavy (non-hydrogen) atoms. The van der Waals surface area contributed by atoms with Gasteiger partial charge in [-0.05, 0) is 59.9 Å². The molecule has 1 amide bonds. The zero-order valence-corrected chi connectivity index (χ0v) is 17.4. The number of hydrogen-bond acceptors (Lipinski definition) is 3. The Bertz CT molecular complexity index is 998. The van der Waals surface area contributed by atoms with Gasteiger partial charge in [0.2, 0.25) is 0 Å². The topological polar surface area (TPSA) is 41.6 Å². The molecule has 1 heterocycles. The number of carbonyl (C=O) groups excluding carboxylic acids is 1. The van der Waals surface area contributed by atoms with E-state index in [9.17, 15) is 4.79 Å². The van der Waals surface area contributed by atoms with E-state index in [0.29, 0.717) is 18.7 Å². The minimum atomic E-state index is -0.0599. The number of nitrogens with one attached hydrogen (secondary N) is 1. The summed E-state index contributed by atoms with van der Waals surface area (Å²) < 4.78 is 5.52. The van der Waals surface area contributed by atoms with Crippen LogP contribution in [0.15, 0.2) is 72.8 Å². The molecule has 0 aliphatic carbocycles. The fourth-order valence-corrected chi connectivity index (χ4v) is 3.91. The van der Waals surface area contributed by atoms with Gasteiger partial charge in [0.15, 0.2) is 0 Å². The normalized spacial score (nSPS) is 13.5. The number of ether oxygens (including phenoxy) is 1. The Morgan fingerprint density at radius 2 is 1.77 bits per heavy atom. The van der Waals surface area contributed by atoms with Crippen molar-refractivity contribution in [1.82, 2.24) is 10.2 Å². The Balaban J connectivity index is 1.31. The lowest BCUT2D eigenvalue weighted by atomic mass is 9.99. The number of rotatable bonds is 7. The highest BCUT2D eigenvalue weighted by molar-refractivity contribution is 5.94. The summed E-state index contributed by atoms with van der Waals surface area (Å²) in [4.78, 5) is 15.0. The molecular weight excluding hydrogens is 372 g/mol. The maximum Gasteiger partial charge on any atom is 0.251 e. The van der Waals surface area contributed by atoms with Crippen LogP contribution in [0.4, 0.5) is 0 Å². The van der Waals surface area contributed by atoms with Crippen molar-refractivity contribution in [2.75, 3.05) is 13.2 Å². The predicted molar refractivity (Wildman–Crippen MR) is 119 cm³/mol. The Kier molecular flexibility index (Phi) is 6.45. The van der Waals surface area contributed by atoms with Gasteiger partial charge in [-0.1, -0.05) is 48.5 Å². The van der Waals surface area contributed by atoms with Gasteiger partial charge in [-0.2, -0.15) is 0 Å². The van der Waals surface area contributed by atoms with E-state index >= 15 is 0 Å². The van der Waals surface area contributed by atoms with E-state index in [1.54, 1.807) is 0 Å². The number of hydrogen-bond donors (Lipinski definition) is 1. The molecule has 0 spiro atoms. The summed E-state index contributed by atoms with van der Waals surface area (Å²) in [5.41, 5.74) is 5.83. The third-order valence-electron chi connectivity index (χ3n) is 5.49. The fourth-order valence-electron chi connectivity index (χ4n) is 3.91. The molecule has 0 fully saturated rings. The van der Waals surface area contributed by atoms with E-state index in [4.69, 9.17) is 4.74 Å². The highest BCUT2D eigenvalue weighted by Crippen LogP contribution is 2.20. The molecule has 154 valence electrons. The second-order valence-corrected chi connectivity index (χ2v) is 7.69. The molecule has 4 nitrogen and oxygen atoms in total. The SMILES string of the molecule is CCOc1cccc(CNC(=O)c2ccc(CN3CCc4ccccc4C3)cc2)c1. The number of carbonyl (C=O) groups is 1. The smallest absolute Gasteiger partial charge is 0.251 e. The zero-order chi connectivity index (χ0) is 20.8. The molecule has 4 rings (SSSR count). The second kappa shape index (κ2) is 9.59. The monoisotopic (exact) mass is 400 g/mol. The van der Waals surface area contributed by atoms with Gasteiger partial charge in [0, 0.05) is 31.7 Å². The Morgan fingerprint density at radius 3 is 2.57 bits per heavy atom. The molecule has 0 radical (unpaired) electrons. The van der Waals surface area contributed by atoms with Crippen LogP contribution in [0.25, 0.3) is 0 Å². The van der Waals surface area contributed by atoms with Crippen molar-refractivity contribution in [1.29, 1.82) is 0 Å². The largest absolute Gasteiger partial charge is 0.494 e. The predicted octanol–water partition coefficient (Wildman–Crippen LogP) is 4.57. The van der Waals surface area contributed by atoms with Crippen LogP contribution in [0.2, 0.25) is 0 Å². The molecule has 1 aliphatic heterocycles. The van der Waals surface area contributed by atoms with Gasteiger partial charge in [-0.25, -0.2) is 0 Å². The van der Waals surface area contributed by atoms with Crippen LogP contribution in [0.1, 0.15) is 39.5 Å². The molecule has 3 aromatic carbocycles. The first-order chi connectivity index (χ1) is 14.7. The fraction of sp³-hybridized carbons (Fsp3) is 0.269. The van der Waals surface area contributed by atoms with Crippen molar-refractivity contribution in [3.8, 4) is 5.75 Å². The summed E-state index contributed by atoms with van der Waals surface area (Å²) in [6.45, 7) is 6.03. The average molecular weight is 401 g/mol. The van der Waals surface area contributed by atoms with E-state index < -0.39 is 0 Å². The Morgan fingerprint density at radius 1 is 0.967 bits per heavy atom. The molecule has 1 aliphatic rings. The molecular formula is C26H28N2O2. The molecule has 0 aromatic heterocycles. The Hall–Kier alpha value is -3.11. The third kappa shape index (κ3) is 5.08. The van der Waals surface area contributed by atoms with Crippen LogP contribution in [0.3, 0.4) is 0 Å². The second-order valence-electron chi connectivity index (χ2n) is 7.69. The van der Waals surface area contributed by atoms with Crippen LogP contribution < -0.4 is 10.1 Å². The third-order valence-corrected chi connectivity index (χ3v) is 5.49. The Labute approximate surface area is 178 Å². The first kappa shape index (κ1) is 20.2. The summed E-state index contributed by atoms with van der Waals surface area (Å²) in [7, 11) is 0. The molecule has 4 heteroatoms. The summed E-state index contributed by atoms with van der Waals surface area (Å²) in [6, 6.07) is 24.5. The summed E-state index contributed by atoms with van der Waals surface area (Å²) in [5.74, 6) is 0.768. The molecule has 3 aromatic rings. The highest BCUT2D eigenvalue weighted by Gasteiger charge is 2.16. The van der Waals surface area contributed by atoms with E-state index in [1.165, 1.54) is 16.7 Å². The lowest BCUT2D eigenvalue weighted by molar-refractivity contribution is 0.0951. The standard InChI is InChI=1S/C26H28N2O2/c1-2-30-25-9-5-6-21(16-25)17-27-26(29)23-12-10-20(11-13-23)18-28-15-14-22-7-3-4-8-24(22)19-28/h3-13,16H,2,14-15,17-19H2,1H3,(H,27,29). The van der Waals surface area contributed by atoms with Crippen molar-refractivity contribution in [2.45, 2.75) is 33.0 Å².